The monoisotopic (exact) mass is 217 g/mol. The number of hydrogen-bond acceptors (Lipinski definition) is 1. The van der Waals surface area contributed by atoms with Crippen molar-refractivity contribution in [1.29, 1.82) is 0 Å². The summed E-state index contributed by atoms with van der Waals surface area (Å²) < 4.78 is 30.5. The van der Waals surface area contributed by atoms with E-state index >= 15 is 0 Å². The van der Waals surface area contributed by atoms with Gasteiger partial charge in [-0.25, -0.2) is 8.78 Å². The van der Waals surface area contributed by atoms with Crippen molar-refractivity contribution in [3.63, 3.8) is 0 Å². The predicted octanol–water partition coefficient (Wildman–Crippen LogP) is 2.29. The molecule has 0 unspecified atom stereocenters. The molecular formula is C12H8BF2O. The first-order chi connectivity index (χ1) is 7.74. The quantitative estimate of drug-likeness (QED) is 0.716. The van der Waals surface area contributed by atoms with Gasteiger partial charge in [0.15, 0.2) is 0 Å². The fraction of sp³-hybridized carbons (Fsp3) is 0. The van der Waals surface area contributed by atoms with Crippen molar-refractivity contribution in [2.24, 2.45) is 0 Å². The molecule has 0 heterocycles. The van der Waals surface area contributed by atoms with E-state index in [1.807, 2.05) is 0 Å². The van der Waals surface area contributed by atoms with Crippen LogP contribution in [-0.2, 0) is 0 Å². The van der Waals surface area contributed by atoms with E-state index in [1.54, 1.807) is 12.1 Å². The maximum Gasteiger partial charge on any atom is 0.408 e. The second-order valence-corrected chi connectivity index (χ2v) is 3.24. The molecule has 0 aliphatic rings. The van der Waals surface area contributed by atoms with Crippen LogP contribution >= 0.6 is 0 Å². The molecule has 0 aliphatic carbocycles. The molecule has 79 valence electrons. The molecule has 16 heavy (non-hydrogen) atoms. The highest BCUT2D eigenvalue weighted by atomic mass is 19.1. The number of rotatable bonds is 3. The zero-order valence-electron chi connectivity index (χ0n) is 8.36. The van der Waals surface area contributed by atoms with Crippen molar-refractivity contribution in [1.82, 2.24) is 0 Å². The Hall–Kier alpha value is -1.84. The van der Waals surface area contributed by atoms with Crippen LogP contribution in [0.2, 0.25) is 0 Å². The Morgan fingerprint density at radius 2 is 1.25 bits per heavy atom. The highest BCUT2D eigenvalue weighted by Crippen LogP contribution is 2.10. The molecule has 0 bridgehead atoms. The Morgan fingerprint density at radius 1 is 0.750 bits per heavy atom. The van der Waals surface area contributed by atoms with Crippen LogP contribution in [0.1, 0.15) is 0 Å². The highest BCUT2D eigenvalue weighted by Gasteiger charge is 2.00. The molecule has 0 spiro atoms. The Labute approximate surface area is 93.0 Å². The minimum absolute atomic E-state index is 0.293. The Balaban J connectivity index is 1.97. The van der Waals surface area contributed by atoms with Gasteiger partial charge in [-0.1, -0.05) is 12.1 Å². The third-order valence-corrected chi connectivity index (χ3v) is 2.01. The fourth-order valence-electron chi connectivity index (χ4n) is 1.19. The van der Waals surface area contributed by atoms with Gasteiger partial charge in [0.2, 0.25) is 0 Å². The van der Waals surface area contributed by atoms with Gasteiger partial charge in [-0.15, -0.1) is 0 Å². The molecule has 4 heteroatoms. The highest BCUT2D eigenvalue weighted by molar-refractivity contribution is 6.47. The van der Waals surface area contributed by atoms with Gasteiger partial charge in [-0.2, -0.15) is 0 Å². The summed E-state index contributed by atoms with van der Waals surface area (Å²) in [5.74, 6) is -0.0706. The molecular weight excluding hydrogens is 209 g/mol. The van der Waals surface area contributed by atoms with Crippen molar-refractivity contribution in [3.05, 3.63) is 60.2 Å². The van der Waals surface area contributed by atoms with E-state index in [0.29, 0.717) is 5.75 Å². The topological polar surface area (TPSA) is 9.23 Å². The molecule has 1 radical (unpaired) electrons. The smallest absolute Gasteiger partial charge is 0.408 e. The van der Waals surface area contributed by atoms with Crippen LogP contribution in [0.15, 0.2) is 48.5 Å². The van der Waals surface area contributed by atoms with E-state index in [9.17, 15) is 8.78 Å². The van der Waals surface area contributed by atoms with E-state index in [2.05, 4.69) is 0 Å². The van der Waals surface area contributed by atoms with Gasteiger partial charge in [-0.3, -0.25) is 0 Å². The molecule has 1 nitrogen and oxygen atoms in total. The van der Waals surface area contributed by atoms with Crippen LogP contribution in [0, 0.1) is 11.6 Å². The van der Waals surface area contributed by atoms with Crippen LogP contribution in [-0.4, -0.2) is 7.48 Å². The average molecular weight is 217 g/mol. The number of benzene rings is 2. The summed E-state index contributed by atoms with van der Waals surface area (Å²) in [4.78, 5) is 0. The molecule has 0 N–H and O–H groups in total. The van der Waals surface area contributed by atoms with Crippen molar-refractivity contribution in [3.8, 4) is 5.75 Å². The predicted molar refractivity (Wildman–Crippen MR) is 58.8 cm³/mol. The molecule has 2 aromatic carbocycles. The van der Waals surface area contributed by atoms with E-state index in [4.69, 9.17) is 4.65 Å². The van der Waals surface area contributed by atoms with Gasteiger partial charge in [-0.05, 0) is 41.9 Å². The van der Waals surface area contributed by atoms with E-state index in [1.165, 1.54) is 43.9 Å². The maximum atomic E-state index is 12.6. The summed E-state index contributed by atoms with van der Waals surface area (Å²) in [6, 6.07) is 11.6. The lowest BCUT2D eigenvalue weighted by Crippen LogP contribution is -2.19. The van der Waals surface area contributed by atoms with E-state index in [0.717, 1.165) is 5.46 Å². The summed E-state index contributed by atoms with van der Waals surface area (Å²) in [7, 11) is 1.48. The van der Waals surface area contributed by atoms with Gasteiger partial charge in [0, 0.05) is 0 Å². The number of halogens is 2. The third kappa shape index (κ3) is 2.83. The van der Waals surface area contributed by atoms with Gasteiger partial charge in [0.05, 0.1) is 5.75 Å². The molecule has 0 amide bonds. The van der Waals surface area contributed by atoms with E-state index < -0.39 is 0 Å². The summed E-state index contributed by atoms with van der Waals surface area (Å²) in [5.41, 5.74) is 0.741. The summed E-state index contributed by atoms with van der Waals surface area (Å²) >= 11 is 0. The number of hydrogen-bond donors (Lipinski definition) is 0. The zero-order chi connectivity index (χ0) is 11.4. The van der Waals surface area contributed by atoms with Gasteiger partial charge >= 0.3 is 7.48 Å². The summed E-state index contributed by atoms with van der Waals surface area (Å²) in [5, 5.41) is 0. The zero-order valence-corrected chi connectivity index (χ0v) is 8.36. The van der Waals surface area contributed by atoms with Crippen molar-refractivity contribution >= 4 is 12.9 Å². The molecule has 0 fully saturated rings. The van der Waals surface area contributed by atoms with Crippen LogP contribution in [0.4, 0.5) is 8.78 Å². The lowest BCUT2D eigenvalue weighted by molar-refractivity contribution is 0.591. The lowest BCUT2D eigenvalue weighted by Gasteiger charge is -2.04. The van der Waals surface area contributed by atoms with E-state index in [-0.39, 0.29) is 11.6 Å². The summed E-state index contributed by atoms with van der Waals surface area (Å²) in [6.07, 6.45) is 0. The molecule has 2 rings (SSSR count). The minimum atomic E-state index is -0.311. The maximum absolute atomic E-state index is 12.6. The Kier molecular flexibility index (Phi) is 3.20. The third-order valence-electron chi connectivity index (χ3n) is 2.01. The Morgan fingerprint density at radius 3 is 1.81 bits per heavy atom. The van der Waals surface area contributed by atoms with Crippen LogP contribution < -0.4 is 10.1 Å². The standard InChI is InChI=1S/C12H8BF2O/c14-10-3-1-9(2-4-10)13-16-12-7-5-11(15)6-8-12/h1-8H. The Bertz CT molecular complexity index is 408. The first kappa shape index (κ1) is 10.7. The van der Waals surface area contributed by atoms with Gasteiger partial charge < -0.3 is 4.65 Å². The molecule has 0 saturated heterocycles. The molecule has 0 atom stereocenters. The van der Waals surface area contributed by atoms with Crippen LogP contribution in [0.3, 0.4) is 0 Å². The average Bonchev–Trinajstić information content (AvgIpc) is 2.30. The second-order valence-electron chi connectivity index (χ2n) is 3.24. The van der Waals surface area contributed by atoms with Crippen LogP contribution in [0.25, 0.3) is 0 Å². The normalized spacial score (nSPS) is 9.88. The molecule has 0 aromatic heterocycles. The first-order valence-corrected chi connectivity index (χ1v) is 4.75. The second kappa shape index (κ2) is 4.79. The van der Waals surface area contributed by atoms with Crippen molar-refractivity contribution < 1.29 is 13.4 Å². The van der Waals surface area contributed by atoms with Gasteiger partial charge in [0.25, 0.3) is 0 Å². The minimum Gasteiger partial charge on any atom is -0.558 e. The van der Waals surface area contributed by atoms with Crippen molar-refractivity contribution in [2.75, 3.05) is 0 Å². The SMILES string of the molecule is Fc1ccc([B]Oc2ccc(F)cc2)cc1. The first-order valence-electron chi connectivity index (χ1n) is 4.75. The van der Waals surface area contributed by atoms with Crippen LogP contribution in [0.5, 0.6) is 5.75 Å². The fourth-order valence-corrected chi connectivity index (χ4v) is 1.19. The summed E-state index contributed by atoms with van der Waals surface area (Å²) in [6.45, 7) is 0. The molecule has 2 aromatic rings. The molecule has 0 saturated carbocycles. The largest absolute Gasteiger partial charge is 0.558 e. The lowest BCUT2D eigenvalue weighted by atomic mass is 9.88. The molecule has 0 aliphatic heterocycles. The van der Waals surface area contributed by atoms with Crippen molar-refractivity contribution in [2.45, 2.75) is 0 Å². The van der Waals surface area contributed by atoms with Gasteiger partial charge in [0.1, 0.15) is 11.6 Å².